The number of hydrogen-bond acceptors (Lipinski definition) is 5. The number of rotatable bonds is 4. The SMILES string of the molecule is C(=C1CCN(Cc2nnc(-c3ccco3)o2)CC1)c1ccccc1. The Morgan fingerprint density at radius 1 is 1.00 bits per heavy atom. The summed E-state index contributed by atoms with van der Waals surface area (Å²) in [6, 6.07) is 14.1. The third-order valence-electron chi connectivity index (χ3n) is 4.23. The van der Waals surface area contributed by atoms with Crippen molar-refractivity contribution in [3.05, 3.63) is 65.8 Å². The Hall–Kier alpha value is -2.66. The molecule has 1 aliphatic heterocycles. The van der Waals surface area contributed by atoms with Gasteiger partial charge in [-0.15, -0.1) is 10.2 Å². The highest BCUT2D eigenvalue weighted by molar-refractivity contribution is 5.52. The molecule has 122 valence electrons. The predicted octanol–water partition coefficient (Wildman–Crippen LogP) is 4.01. The fourth-order valence-corrected chi connectivity index (χ4v) is 2.94. The van der Waals surface area contributed by atoms with E-state index < -0.39 is 0 Å². The fraction of sp³-hybridized carbons (Fsp3) is 0.263. The summed E-state index contributed by atoms with van der Waals surface area (Å²) in [6.45, 7) is 2.71. The van der Waals surface area contributed by atoms with Crippen LogP contribution in [0.1, 0.15) is 24.3 Å². The summed E-state index contributed by atoms with van der Waals surface area (Å²) in [5.74, 6) is 1.69. The van der Waals surface area contributed by atoms with Gasteiger partial charge in [-0.1, -0.05) is 42.0 Å². The van der Waals surface area contributed by atoms with Crippen molar-refractivity contribution in [2.75, 3.05) is 13.1 Å². The first-order valence-corrected chi connectivity index (χ1v) is 8.20. The second-order valence-electron chi connectivity index (χ2n) is 5.97. The molecule has 0 unspecified atom stereocenters. The van der Waals surface area contributed by atoms with E-state index in [1.165, 1.54) is 11.1 Å². The standard InChI is InChI=1S/C19H19N3O2/c1-2-5-15(6-3-1)13-16-8-10-22(11-9-16)14-18-20-21-19(24-18)17-7-4-12-23-17/h1-7,12-13H,8-11,14H2. The number of hydrogen-bond donors (Lipinski definition) is 0. The van der Waals surface area contributed by atoms with Gasteiger partial charge in [-0.05, 0) is 30.5 Å². The van der Waals surface area contributed by atoms with Gasteiger partial charge in [0.05, 0.1) is 12.8 Å². The van der Waals surface area contributed by atoms with E-state index in [1.54, 1.807) is 6.26 Å². The Labute approximate surface area is 140 Å². The van der Waals surface area contributed by atoms with Crippen molar-refractivity contribution in [3.63, 3.8) is 0 Å². The van der Waals surface area contributed by atoms with Crippen molar-refractivity contribution in [2.24, 2.45) is 0 Å². The van der Waals surface area contributed by atoms with Gasteiger partial charge in [0.1, 0.15) is 0 Å². The Kier molecular flexibility index (Phi) is 4.25. The maximum absolute atomic E-state index is 5.68. The van der Waals surface area contributed by atoms with Crippen molar-refractivity contribution in [3.8, 4) is 11.7 Å². The zero-order valence-electron chi connectivity index (χ0n) is 13.4. The molecule has 1 aromatic carbocycles. The normalized spacial score (nSPS) is 15.6. The largest absolute Gasteiger partial charge is 0.459 e. The molecule has 3 heterocycles. The van der Waals surface area contributed by atoms with Gasteiger partial charge in [0, 0.05) is 13.1 Å². The van der Waals surface area contributed by atoms with Crippen molar-refractivity contribution in [1.82, 2.24) is 15.1 Å². The van der Waals surface area contributed by atoms with Gasteiger partial charge in [-0.25, -0.2) is 0 Å². The summed E-state index contributed by atoms with van der Waals surface area (Å²) >= 11 is 0. The molecule has 0 atom stereocenters. The lowest BCUT2D eigenvalue weighted by Crippen LogP contribution is -2.30. The Morgan fingerprint density at radius 2 is 1.83 bits per heavy atom. The van der Waals surface area contributed by atoms with Crippen LogP contribution in [0.3, 0.4) is 0 Å². The lowest BCUT2D eigenvalue weighted by Gasteiger charge is -2.27. The number of piperidine rings is 1. The van der Waals surface area contributed by atoms with Crippen LogP contribution in [0.4, 0.5) is 0 Å². The molecule has 5 heteroatoms. The second kappa shape index (κ2) is 6.84. The lowest BCUT2D eigenvalue weighted by atomic mass is 10.0. The van der Waals surface area contributed by atoms with E-state index in [0.29, 0.717) is 24.1 Å². The first-order chi connectivity index (χ1) is 11.9. The molecule has 0 bridgehead atoms. The van der Waals surface area contributed by atoms with Gasteiger partial charge in [-0.3, -0.25) is 4.90 Å². The second-order valence-corrected chi connectivity index (χ2v) is 5.97. The Morgan fingerprint density at radius 3 is 2.58 bits per heavy atom. The minimum Gasteiger partial charge on any atom is -0.459 e. The number of aromatic nitrogens is 2. The molecule has 4 rings (SSSR count). The molecule has 3 aromatic rings. The van der Waals surface area contributed by atoms with Gasteiger partial charge in [-0.2, -0.15) is 0 Å². The zero-order valence-corrected chi connectivity index (χ0v) is 13.4. The van der Waals surface area contributed by atoms with Crippen LogP contribution < -0.4 is 0 Å². The summed E-state index contributed by atoms with van der Waals surface area (Å²) in [7, 11) is 0. The summed E-state index contributed by atoms with van der Waals surface area (Å²) in [6.07, 6.45) is 6.06. The number of furan rings is 1. The molecule has 0 N–H and O–H groups in total. The van der Waals surface area contributed by atoms with E-state index in [-0.39, 0.29) is 0 Å². The molecule has 2 aromatic heterocycles. The van der Waals surface area contributed by atoms with Crippen LogP contribution in [0.25, 0.3) is 17.7 Å². The molecule has 24 heavy (non-hydrogen) atoms. The molecule has 1 fully saturated rings. The molecule has 5 nitrogen and oxygen atoms in total. The number of benzene rings is 1. The molecule has 0 radical (unpaired) electrons. The highest BCUT2D eigenvalue weighted by Crippen LogP contribution is 2.22. The van der Waals surface area contributed by atoms with Gasteiger partial charge >= 0.3 is 0 Å². The third kappa shape index (κ3) is 3.46. The monoisotopic (exact) mass is 321 g/mol. The zero-order chi connectivity index (χ0) is 16.2. The van der Waals surface area contributed by atoms with Crippen molar-refractivity contribution < 1.29 is 8.83 Å². The summed E-state index contributed by atoms with van der Waals surface area (Å²) in [4.78, 5) is 2.35. The van der Waals surface area contributed by atoms with Crippen molar-refractivity contribution in [2.45, 2.75) is 19.4 Å². The van der Waals surface area contributed by atoms with Crippen LogP contribution in [0.5, 0.6) is 0 Å². The van der Waals surface area contributed by atoms with Crippen LogP contribution in [0.2, 0.25) is 0 Å². The predicted molar refractivity (Wildman–Crippen MR) is 90.9 cm³/mol. The topological polar surface area (TPSA) is 55.3 Å². The summed E-state index contributed by atoms with van der Waals surface area (Å²) in [5, 5.41) is 8.17. The van der Waals surface area contributed by atoms with Crippen LogP contribution in [0, 0.1) is 0 Å². The third-order valence-corrected chi connectivity index (χ3v) is 4.23. The lowest BCUT2D eigenvalue weighted by molar-refractivity contribution is 0.225. The maximum atomic E-state index is 5.68. The number of nitrogens with zero attached hydrogens (tertiary/aromatic N) is 3. The smallest absolute Gasteiger partial charge is 0.283 e. The summed E-state index contributed by atoms with van der Waals surface area (Å²) < 4.78 is 11.0. The van der Waals surface area contributed by atoms with E-state index >= 15 is 0 Å². The van der Waals surface area contributed by atoms with E-state index in [9.17, 15) is 0 Å². The first kappa shape index (κ1) is 14.9. The van der Waals surface area contributed by atoms with Gasteiger partial charge in [0.25, 0.3) is 5.89 Å². The van der Waals surface area contributed by atoms with Gasteiger partial charge in [0.15, 0.2) is 5.76 Å². The molecule has 1 saturated heterocycles. The average Bonchev–Trinajstić information content (AvgIpc) is 3.29. The highest BCUT2D eigenvalue weighted by Gasteiger charge is 2.18. The van der Waals surface area contributed by atoms with E-state index in [4.69, 9.17) is 8.83 Å². The van der Waals surface area contributed by atoms with Crippen LogP contribution in [-0.4, -0.2) is 28.2 Å². The van der Waals surface area contributed by atoms with Crippen molar-refractivity contribution in [1.29, 1.82) is 0 Å². The van der Waals surface area contributed by atoms with Crippen LogP contribution in [0.15, 0.2) is 63.1 Å². The van der Waals surface area contributed by atoms with Crippen molar-refractivity contribution >= 4 is 6.08 Å². The van der Waals surface area contributed by atoms with Gasteiger partial charge in [0.2, 0.25) is 5.89 Å². The van der Waals surface area contributed by atoms with Crippen LogP contribution >= 0.6 is 0 Å². The van der Waals surface area contributed by atoms with Crippen LogP contribution in [-0.2, 0) is 6.54 Å². The molecule has 0 spiro atoms. The van der Waals surface area contributed by atoms with E-state index in [2.05, 4.69) is 45.4 Å². The quantitative estimate of drug-likeness (QED) is 0.727. The molecular formula is C19H19N3O2. The molecular weight excluding hydrogens is 302 g/mol. The maximum Gasteiger partial charge on any atom is 0.283 e. The van der Waals surface area contributed by atoms with E-state index in [1.807, 2.05) is 18.2 Å². The molecule has 1 aliphatic rings. The number of likely N-dealkylation sites (tertiary alicyclic amines) is 1. The Balaban J connectivity index is 1.34. The van der Waals surface area contributed by atoms with E-state index in [0.717, 1.165) is 25.9 Å². The molecule has 0 saturated carbocycles. The van der Waals surface area contributed by atoms with Gasteiger partial charge < -0.3 is 8.83 Å². The molecule has 0 amide bonds. The fourth-order valence-electron chi connectivity index (χ4n) is 2.94. The first-order valence-electron chi connectivity index (χ1n) is 8.20. The minimum absolute atomic E-state index is 0.441. The Bertz CT molecular complexity index is 796. The summed E-state index contributed by atoms with van der Waals surface area (Å²) in [5.41, 5.74) is 2.78. The average molecular weight is 321 g/mol. The minimum atomic E-state index is 0.441. The molecule has 0 aliphatic carbocycles. The highest BCUT2D eigenvalue weighted by atomic mass is 16.4.